The molecule has 0 saturated heterocycles. The molecule has 138 valence electrons. The van der Waals surface area contributed by atoms with Gasteiger partial charge in [0, 0.05) is 11.1 Å². The van der Waals surface area contributed by atoms with Crippen molar-refractivity contribution in [3.63, 3.8) is 0 Å². The SMILES string of the molecule is CC/C(=N\NC(=O)c1cc(OC)c(OC)c(OC)c1)c1ccccc1O. The van der Waals surface area contributed by atoms with Gasteiger partial charge in [-0.05, 0) is 30.7 Å². The number of phenolic OH excluding ortho intramolecular Hbond substituents is 1. The van der Waals surface area contributed by atoms with Crippen molar-refractivity contribution in [1.82, 2.24) is 5.43 Å². The fourth-order valence-corrected chi connectivity index (χ4v) is 2.44. The summed E-state index contributed by atoms with van der Waals surface area (Å²) in [7, 11) is 4.44. The van der Waals surface area contributed by atoms with Gasteiger partial charge in [-0.1, -0.05) is 19.1 Å². The molecule has 1 amide bonds. The third kappa shape index (κ3) is 4.05. The Labute approximate surface area is 152 Å². The van der Waals surface area contributed by atoms with Crippen LogP contribution in [0.25, 0.3) is 0 Å². The molecule has 0 aromatic heterocycles. The van der Waals surface area contributed by atoms with Gasteiger partial charge in [0.15, 0.2) is 11.5 Å². The molecule has 0 atom stereocenters. The van der Waals surface area contributed by atoms with Gasteiger partial charge in [0.25, 0.3) is 5.91 Å². The van der Waals surface area contributed by atoms with Crippen molar-refractivity contribution in [1.29, 1.82) is 0 Å². The Balaban J connectivity index is 2.30. The van der Waals surface area contributed by atoms with Gasteiger partial charge in [0.1, 0.15) is 5.75 Å². The number of aromatic hydroxyl groups is 1. The number of nitrogens with one attached hydrogen (secondary N) is 1. The molecule has 26 heavy (non-hydrogen) atoms. The van der Waals surface area contributed by atoms with Crippen molar-refractivity contribution in [2.75, 3.05) is 21.3 Å². The number of carbonyl (C=O) groups excluding carboxylic acids is 1. The number of carbonyl (C=O) groups is 1. The number of hydrazone groups is 1. The fourth-order valence-electron chi connectivity index (χ4n) is 2.44. The maximum absolute atomic E-state index is 12.5. The smallest absolute Gasteiger partial charge is 0.271 e. The van der Waals surface area contributed by atoms with Crippen LogP contribution < -0.4 is 19.6 Å². The molecule has 0 heterocycles. The minimum atomic E-state index is -0.439. The van der Waals surface area contributed by atoms with Crippen molar-refractivity contribution in [3.8, 4) is 23.0 Å². The normalized spacial score (nSPS) is 11.0. The molecule has 0 spiro atoms. The van der Waals surface area contributed by atoms with Crippen LogP contribution in [0.15, 0.2) is 41.5 Å². The van der Waals surface area contributed by atoms with Crippen LogP contribution in [0, 0.1) is 0 Å². The molecule has 0 fully saturated rings. The number of para-hydroxylation sites is 1. The predicted octanol–water partition coefficient (Wildman–Crippen LogP) is 2.96. The van der Waals surface area contributed by atoms with Crippen molar-refractivity contribution < 1.29 is 24.1 Å². The van der Waals surface area contributed by atoms with Gasteiger partial charge in [0.05, 0.1) is 27.0 Å². The van der Waals surface area contributed by atoms with E-state index < -0.39 is 5.91 Å². The third-order valence-corrected chi connectivity index (χ3v) is 3.77. The molecule has 0 unspecified atom stereocenters. The van der Waals surface area contributed by atoms with Crippen LogP contribution in [0.1, 0.15) is 29.3 Å². The maximum Gasteiger partial charge on any atom is 0.271 e. The quantitative estimate of drug-likeness (QED) is 0.587. The largest absolute Gasteiger partial charge is 0.507 e. The Morgan fingerprint density at radius 1 is 1.08 bits per heavy atom. The van der Waals surface area contributed by atoms with Crippen molar-refractivity contribution in [2.24, 2.45) is 5.10 Å². The van der Waals surface area contributed by atoms with E-state index in [1.54, 1.807) is 24.3 Å². The summed E-state index contributed by atoms with van der Waals surface area (Å²) in [4.78, 5) is 12.5. The van der Waals surface area contributed by atoms with Gasteiger partial charge in [-0.15, -0.1) is 0 Å². The van der Waals surface area contributed by atoms with Crippen molar-refractivity contribution in [3.05, 3.63) is 47.5 Å². The molecule has 7 heteroatoms. The van der Waals surface area contributed by atoms with Crippen LogP contribution in [-0.2, 0) is 0 Å². The zero-order valence-electron chi connectivity index (χ0n) is 15.2. The van der Waals surface area contributed by atoms with Crippen LogP contribution in [0.5, 0.6) is 23.0 Å². The molecule has 0 aliphatic heterocycles. The van der Waals surface area contributed by atoms with E-state index in [0.717, 1.165) is 0 Å². The molecule has 0 bridgehead atoms. The van der Waals surface area contributed by atoms with Crippen LogP contribution in [-0.4, -0.2) is 38.1 Å². The van der Waals surface area contributed by atoms with Crippen molar-refractivity contribution >= 4 is 11.6 Å². The first-order chi connectivity index (χ1) is 12.5. The maximum atomic E-state index is 12.5. The second-order valence-electron chi connectivity index (χ2n) is 5.28. The zero-order chi connectivity index (χ0) is 19.1. The average molecular weight is 358 g/mol. The highest BCUT2D eigenvalue weighted by atomic mass is 16.5. The highest BCUT2D eigenvalue weighted by Gasteiger charge is 2.17. The first-order valence-electron chi connectivity index (χ1n) is 8.00. The molecule has 0 saturated carbocycles. The average Bonchev–Trinajstić information content (AvgIpc) is 2.68. The van der Waals surface area contributed by atoms with E-state index in [4.69, 9.17) is 14.2 Å². The molecule has 2 rings (SSSR count). The third-order valence-electron chi connectivity index (χ3n) is 3.77. The Hall–Kier alpha value is -3.22. The summed E-state index contributed by atoms with van der Waals surface area (Å²) in [6, 6.07) is 9.91. The summed E-state index contributed by atoms with van der Waals surface area (Å²) in [5.41, 5.74) is 3.93. The van der Waals surface area contributed by atoms with E-state index in [2.05, 4.69) is 10.5 Å². The lowest BCUT2D eigenvalue weighted by atomic mass is 10.1. The molecule has 7 nitrogen and oxygen atoms in total. The molecule has 0 radical (unpaired) electrons. The number of ether oxygens (including phenoxy) is 3. The minimum Gasteiger partial charge on any atom is -0.507 e. The van der Waals surface area contributed by atoms with E-state index in [1.807, 2.05) is 6.92 Å². The molecule has 0 aliphatic rings. The summed E-state index contributed by atoms with van der Waals surface area (Å²) in [5, 5.41) is 14.1. The van der Waals surface area contributed by atoms with Crippen molar-refractivity contribution in [2.45, 2.75) is 13.3 Å². The van der Waals surface area contributed by atoms with E-state index in [0.29, 0.717) is 40.5 Å². The van der Waals surface area contributed by atoms with E-state index in [1.165, 1.54) is 33.5 Å². The Morgan fingerprint density at radius 3 is 2.19 bits per heavy atom. The minimum absolute atomic E-state index is 0.107. The van der Waals surface area contributed by atoms with Crippen LogP contribution >= 0.6 is 0 Å². The van der Waals surface area contributed by atoms with E-state index in [9.17, 15) is 9.90 Å². The number of hydrogen-bond acceptors (Lipinski definition) is 6. The standard InChI is InChI=1S/C19H22N2O5/c1-5-14(13-8-6-7-9-15(13)22)20-21-19(23)12-10-16(24-2)18(26-4)17(11-12)25-3/h6-11,22H,5H2,1-4H3,(H,21,23)/b20-14+. The van der Waals surface area contributed by atoms with Gasteiger partial charge in [-0.2, -0.15) is 5.10 Å². The second-order valence-corrected chi connectivity index (χ2v) is 5.28. The Kier molecular flexibility index (Phi) is 6.43. The molecule has 2 aromatic carbocycles. The van der Waals surface area contributed by atoms with E-state index >= 15 is 0 Å². The van der Waals surface area contributed by atoms with Gasteiger partial charge < -0.3 is 19.3 Å². The summed E-state index contributed by atoms with van der Waals surface area (Å²) >= 11 is 0. The number of nitrogens with zero attached hydrogens (tertiary/aromatic N) is 1. The predicted molar refractivity (Wildman–Crippen MR) is 98.5 cm³/mol. The monoisotopic (exact) mass is 358 g/mol. The van der Waals surface area contributed by atoms with Gasteiger partial charge in [0.2, 0.25) is 5.75 Å². The fraction of sp³-hybridized carbons (Fsp3) is 0.263. The number of benzene rings is 2. The summed E-state index contributed by atoms with van der Waals surface area (Å²) in [6.07, 6.45) is 0.535. The van der Waals surface area contributed by atoms with Gasteiger partial charge in [-0.3, -0.25) is 4.79 Å². The summed E-state index contributed by atoms with van der Waals surface area (Å²) in [5.74, 6) is 0.814. The highest BCUT2D eigenvalue weighted by molar-refractivity contribution is 6.04. The number of phenols is 1. The lowest BCUT2D eigenvalue weighted by molar-refractivity contribution is 0.0954. The lowest BCUT2D eigenvalue weighted by Gasteiger charge is -2.13. The summed E-state index contributed by atoms with van der Waals surface area (Å²) in [6.45, 7) is 1.89. The molecule has 2 N–H and O–H groups in total. The van der Waals surface area contributed by atoms with Gasteiger partial charge >= 0.3 is 0 Å². The lowest BCUT2D eigenvalue weighted by Crippen LogP contribution is -2.20. The zero-order valence-corrected chi connectivity index (χ0v) is 15.2. The first kappa shape index (κ1) is 19.1. The van der Waals surface area contributed by atoms with Gasteiger partial charge in [-0.25, -0.2) is 5.43 Å². The molecule has 2 aromatic rings. The molecular weight excluding hydrogens is 336 g/mol. The Morgan fingerprint density at radius 2 is 1.69 bits per heavy atom. The first-order valence-corrected chi connectivity index (χ1v) is 8.00. The second kappa shape index (κ2) is 8.75. The molecular formula is C19H22N2O5. The topological polar surface area (TPSA) is 89.4 Å². The number of rotatable bonds is 7. The van der Waals surface area contributed by atoms with Crippen LogP contribution in [0.4, 0.5) is 0 Å². The molecule has 0 aliphatic carbocycles. The number of hydrogen-bond donors (Lipinski definition) is 2. The van der Waals surface area contributed by atoms with Crippen LogP contribution in [0.2, 0.25) is 0 Å². The number of methoxy groups -OCH3 is 3. The van der Waals surface area contributed by atoms with E-state index in [-0.39, 0.29) is 5.75 Å². The highest BCUT2D eigenvalue weighted by Crippen LogP contribution is 2.38. The van der Waals surface area contributed by atoms with Crippen LogP contribution in [0.3, 0.4) is 0 Å². The number of amides is 1. The summed E-state index contributed by atoms with van der Waals surface area (Å²) < 4.78 is 15.7. The Bertz CT molecular complexity index is 792.